The van der Waals surface area contributed by atoms with E-state index in [1.54, 1.807) is 11.3 Å². The topological polar surface area (TPSA) is 42.7 Å². The quantitative estimate of drug-likeness (QED) is 0.802. The molecular weight excluding hydrogens is 268 g/mol. The Kier molecular flexibility index (Phi) is 3.31. The molecule has 3 rings (SSSR count). The summed E-state index contributed by atoms with van der Waals surface area (Å²) in [6.45, 7) is 7.24. The molecule has 0 radical (unpaired) electrons. The third-order valence-corrected chi connectivity index (χ3v) is 3.82. The maximum atomic E-state index is 4.61. The van der Waals surface area contributed by atoms with Gasteiger partial charge in [0.15, 0.2) is 0 Å². The zero-order valence-electron chi connectivity index (χ0n) is 11.9. The number of rotatable bonds is 3. The Bertz CT molecular complexity index is 721. The molecule has 0 aliphatic carbocycles. The second-order valence-electron chi connectivity index (χ2n) is 5.86. The lowest BCUT2D eigenvalue weighted by atomic mass is 10.1. The first kappa shape index (κ1) is 13.3. The standard InChI is InChI=1S/C15H18N4S/c1-15(2,3)17-9-11-6-7-19(18-11)12-4-5-13-14(8-12)20-10-16-13/h4-8,10,17H,9H2,1-3H3. The summed E-state index contributed by atoms with van der Waals surface area (Å²) in [5.41, 5.74) is 5.13. The van der Waals surface area contributed by atoms with Gasteiger partial charge in [0.25, 0.3) is 0 Å². The molecule has 0 saturated carbocycles. The van der Waals surface area contributed by atoms with Crippen molar-refractivity contribution in [3.63, 3.8) is 0 Å². The van der Waals surface area contributed by atoms with Crippen molar-refractivity contribution in [1.82, 2.24) is 20.1 Å². The molecule has 0 amide bonds. The minimum absolute atomic E-state index is 0.103. The maximum Gasteiger partial charge on any atom is 0.0813 e. The highest BCUT2D eigenvalue weighted by atomic mass is 32.1. The molecule has 0 aliphatic heterocycles. The van der Waals surface area contributed by atoms with E-state index in [9.17, 15) is 0 Å². The lowest BCUT2D eigenvalue weighted by Crippen LogP contribution is -2.35. The Morgan fingerprint density at radius 1 is 1.25 bits per heavy atom. The monoisotopic (exact) mass is 286 g/mol. The third kappa shape index (κ3) is 2.89. The van der Waals surface area contributed by atoms with E-state index >= 15 is 0 Å². The molecule has 104 valence electrons. The number of fused-ring (bicyclic) bond motifs is 1. The Balaban J connectivity index is 1.82. The molecule has 4 nitrogen and oxygen atoms in total. The van der Waals surface area contributed by atoms with Crippen LogP contribution in [0.15, 0.2) is 36.0 Å². The van der Waals surface area contributed by atoms with Gasteiger partial charge in [0.1, 0.15) is 0 Å². The maximum absolute atomic E-state index is 4.61. The van der Waals surface area contributed by atoms with Gasteiger partial charge < -0.3 is 5.32 Å². The van der Waals surface area contributed by atoms with Crippen molar-refractivity contribution in [1.29, 1.82) is 0 Å². The number of thiazole rings is 1. The summed E-state index contributed by atoms with van der Waals surface area (Å²) in [7, 11) is 0. The van der Waals surface area contributed by atoms with Crippen LogP contribution in [0.4, 0.5) is 0 Å². The van der Waals surface area contributed by atoms with E-state index < -0.39 is 0 Å². The minimum atomic E-state index is 0.103. The predicted molar refractivity (Wildman–Crippen MR) is 83.3 cm³/mol. The predicted octanol–water partition coefficient (Wildman–Crippen LogP) is 3.37. The van der Waals surface area contributed by atoms with Crippen LogP contribution in [0, 0.1) is 0 Å². The zero-order chi connectivity index (χ0) is 14.2. The van der Waals surface area contributed by atoms with Gasteiger partial charge in [-0.1, -0.05) is 0 Å². The van der Waals surface area contributed by atoms with Crippen LogP contribution in [0.2, 0.25) is 0 Å². The molecule has 5 heteroatoms. The Morgan fingerprint density at radius 3 is 2.90 bits per heavy atom. The molecule has 2 aromatic heterocycles. The van der Waals surface area contributed by atoms with Crippen LogP contribution < -0.4 is 5.32 Å². The Labute approximate surface area is 122 Å². The highest BCUT2D eigenvalue weighted by Gasteiger charge is 2.10. The summed E-state index contributed by atoms with van der Waals surface area (Å²) in [5, 5.41) is 8.06. The van der Waals surface area contributed by atoms with Crippen LogP contribution in [0.3, 0.4) is 0 Å². The number of benzene rings is 1. The summed E-state index contributed by atoms with van der Waals surface area (Å²) in [4.78, 5) is 4.29. The Morgan fingerprint density at radius 2 is 2.10 bits per heavy atom. The fourth-order valence-corrected chi connectivity index (χ4v) is 2.65. The molecule has 0 fully saturated rings. The molecule has 3 aromatic rings. The van der Waals surface area contributed by atoms with Gasteiger partial charge >= 0.3 is 0 Å². The molecular formula is C15H18N4S. The molecule has 0 aliphatic rings. The second-order valence-corrected chi connectivity index (χ2v) is 6.75. The first-order valence-electron chi connectivity index (χ1n) is 6.64. The van der Waals surface area contributed by atoms with Gasteiger partial charge in [-0.15, -0.1) is 11.3 Å². The van der Waals surface area contributed by atoms with E-state index in [1.165, 1.54) is 4.70 Å². The highest BCUT2D eigenvalue weighted by Crippen LogP contribution is 2.21. The Hall–Kier alpha value is -1.72. The van der Waals surface area contributed by atoms with Crippen molar-refractivity contribution in [2.24, 2.45) is 0 Å². The zero-order valence-corrected chi connectivity index (χ0v) is 12.7. The fraction of sp³-hybridized carbons (Fsp3) is 0.333. The first-order valence-corrected chi connectivity index (χ1v) is 7.52. The largest absolute Gasteiger partial charge is 0.306 e. The average molecular weight is 286 g/mol. The van der Waals surface area contributed by atoms with Gasteiger partial charge in [0.2, 0.25) is 0 Å². The first-order chi connectivity index (χ1) is 9.51. The summed E-state index contributed by atoms with van der Waals surface area (Å²) in [6, 6.07) is 8.27. The molecule has 0 spiro atoms. The average Bonchev–Trinajstić information content (AvgIpc) is 3.03. The van der Waals surface area contributed by atoms with Gasteiger partial charge in [0, 0.05) is 18.3 Å². The molecule has 0 bridgehead atoms. The van der Waals surface area contributed by atoms with Crippen molar-refractivity contribution in [2.75, 3.05) is 0 Å². The molecule has 0 unspecified atom stereocenters. The van der Waals surface area contributed by atoms with E-state index in [1.807, 2.05) is 22.5 Å². The van der Waals surface area contributed by atoms with Crippen molar-refractivity contribution in [2.45, 2.75) is 32.9 Å². The molecule has 1 aromatic carbocycles. The van der Waals surface area contributed by atoms with Crippen molar-refractivity contribution < 1.29 is 0 Å². The number of aromatic nitrogens is 3. The summed E-state index contributed by atoms with van der Waals surface area (Å²) in [5.74, 6) is 0. The summed E-state index contributed by atoms with van der Waals surface area (Å²) >= 11 is 1.65. The lowest BCUT2D eigenvalue weighted by molar-refractivity contribution is 0.420. The van der Waals surface area contributed by atoms with E-state index in [-0.39, 0.29) is 5.54 Å². The van der Waals surface area contributed by atoms with Crippen molar-refractivity contribution in [3.8, 4) is 5.69 Å². The smallest absolute Gasteiger partial charge is 0.0813 e. The molecule has 0 saturated heterocycles. The minimum Gasteiger partial charge on any atom is -0.306 e. The van der Waals surface area contributed by atoms with Crippen LogP contribution in [0.1, 0.15) is 26.5 Å². The highest BCUT2D eigenvalue weighted by molar-refractivity contribution is 7.16. The van der Waals surface area contributed by atoms with Crippen molar-refractivity contribution in [3.05, 3.63) is 41.7 Å². The van der Waals surface area contributed by atoms with E-state index in [2.05, 4.69) is 54.4 Å². The number of hydrogen-bond donors (Lipinski definition) is 1. The van der Waals surface area contributed by atoms with E-state index in [0.29, 0.717) is 0 Å². The van der Waals surface area contributed by atoms with Crippen LogP contribution in [-0.4, -0.2) is 20.3 Å². The van der Waals surface area contributed by atoms with Crippen LogP contribution in [0.5, 0.6) is 0 Å². The normalized spacial score (nSPS) is 12.2. The van der Waals surface area contributed by atoms with Gasteiger partial charge in [-0.25, -0.2) is 9.67 Å². The lowest BCUT2D eigenvalue weighted by Gasteiger charge is -2.19. The number of hydrogen-bond acceptors (Lipinski definition) is 4. The number of nitrogens with zero attached hydrogens (tertiary/aromatic N) is 3. The van der Waals surface area contributed by atoms with Crippen LogP contribution >= 0.6 is 11.3 Å². The molecule has 1 N–H and O–H groups in total. The number of nitrogens with one attached hydrogen (secondary N) is 1. The summed E-state index contributed by atoms with van der Waals surface area (Å²) in [6.07, 6.45) is 2.00. The van der Waals surface area contributed by atoms with Crippen LogP contribution in [-0.2, 0) is 6.54 Å². The van der Waals surface area contributed by atoms with Crippen molar-refractivity contribution >= 4 is 21.6 Å². The third-order valence-electron chi connectivity index (χ3n) is 3.02. The summed E-state index contributed by atoms with van der Waals surface area (Å²) < 4.78 is 3.10. The van der Waals surface area contributed by atoms with Gasteiger partial charge in [-0.3, -0.25) is 0 Å². The van der Waals surface area contributed by atoms with Gasteiger partial charge in [-0.05, 0) is 45.0 Å². The molecule has 20 heavy (non-hydrogen) atoms. The molecule has 0 atom stereocenters. The van der Waals surface area contributed by atoms with E-state index in [0.717, 1.165) is 23.4 Å². The molecule has 2 heterocycles. The second kappa shape index (κ2) is 5.00. The fourth-order valence-electron chi connectivity index (χ4n) is 1.94. The SMILES string of the molecule is CC(C)(C)NCc1ccn(-c2ccc3ncsc3c2)n1. The van der Waals surface area contributed by atoms with E-state index in [4.69, 9.17) is 0 Å². The van der Waals surface area contributed by atoms with Gasteiger partial charge in [0.05, 0.1) is 27.1 Å². The van der Waals surface area contributed by atoms with Crippen LogP contribution in [0.25, 0.3) is 15.9 Å². The van der Waals surface area contributed by atoms with Gasteiger partial charge in [-0.2, -0.15) is 5.10 Å².